The molecule has 1 fully saturated rings. The van der Waals surface area contributed by atoms with Crippen LogP contribution in [0.4, 0.5) is 0 Å². The molecule has 1 aliphatic heterocycles. The Bertz CT molecular complexity index is 789. The maximum absolute atomic E-state index is 13.1. The molecule has 1 aliphatic rings. The van der Waals surface area contributed by atoms with Crippen LogP contribution in [0.1, 0.15) is 37.2 Å². The van der Waals surface area contributed by atoms with Gasteiger partial charge in [-0.1, -0.05) is 13.0 Å². The predicted octanol–water partition coefficient (Wildman–Crippen LogP) is 2.89. The third-order valence-corrected chi connectivity index (χ3v) is 4.82. The molecule has 2 aromatic rings. The lowest BCUT2D eigenvalue weighted by molar-refractivity contribution is -0.134. The number of hydrogen-bond donors (Lipinski definition) is 0. The Hall–Kier alpha value is -2.50. The Morgan fingerprint density at radius 1 is 1.40 bits per heavy atom. The summed E-state index contributed by atoms with van der Waals surface area (Å²) in [5.41, 5.74) is 1.36. The third-order valence-electron chi connectivity index (χ3n) is 4.82. The van der Waals surface area contributed by atoms with Gasteiger partial charge in [0.15, 0.2) is 0 Å². The molecule has 134 valence electrons. The van der Waals surface area contributed by atoms with Crippen LogP contribution >= 0.6 is 0 Å². The smallest absolute Gasteiger partial charge is 0.270 e. The van der Waals surface area contributed by atoms with Gasteiger partial charge < -0.3 is 18.8 Å². The molecule has 2 aromatic heterocycles. The van der Waals surface area contributed by atoms with Gasteiger partial charge in [-0.15, -0.1) is 6.58 Å². The van der Waals surface area contributed by atoms with Crippen LogP contribution < -0.4 is 0 Å². The average molecular weight is 343 g/mol. The highest BCUT2D eigenvalue weighted by molar-refractivity contribution is 5.98. The van der Waals surface area contributed by atoms with Gasteiger partial charge in [0.25, 0.3) is 5.91 Å². The first kappa shape index (κ1) is 17.3. The van der Waals surface area contributed by atoms with E-state index in [1.54, 1.807) is 6.26 Å². The first-order valence-corrected chi connectivity index (χ1v) is 8.83. The van der Waals surface area contributed by atoms with E-state index in [1.807, 2.05) is 46.4 Å². The first-order chi connectivity index (χ1) is 12.1. The summed E-state index contributed by atoms with van der Waals surface area (Å²) in [6.07, 6.45) is 4.74. The van der Waals surface area contributed by atoms with E-state index in [-0.39, 0.29) is 17.9 Å². The number of carbonyl (C=O) groups is 2. The standard InChI is InChI=1S/C19H25N3O3/c1-4-6-8-22-16(12-15-7-11-25-19(15)22)18(24)20-9-10-21(14(3)13-20)17(23)5-2/h4,7,11-12,14H,1,5-6,8-10,13H2,2-3H3/t14-/m1/s1. The second-order valence-corrected chi connectivity index (χ2v) is 6.48. The maximum atomic E-state index is 13.1. The summed E-state index contributed by atoms with van der Waals surface area (Å²) in [5, 5.41) is 0.931. The number of nitrogens with zero attached hydrogens (tertiary/aromatic N) is 3. The van der Waals surface area contributed by atoms with Gasteiger partial charge in [0.1, 0.15) is 5.69 Å². The van der Waals surface area contributed by atoms with Crippen molar-refractivity contribution < 1.29 is 14.0 Å². The van der Waals surface area contributed by atoms with Gasteiger partial charge in [0.05, 0.1) is 6.26 Å². The monoisotopic (exact) mass is 343 g/mol. The summed E-state index contributed by atoms with van der Waals surface area (Å²) in [6.45, 7) is 9.98. The number of aryl methyl sites for hydroxylation is 1. The topological polar surface area (TPSA) is 58.7 Å². The minimum Gasteiger partial charge on any atom is -0.448 e. The predicted molar refractivity (Wildman–Crippen MR) is 96.4 cm³/mol. The number of fused-ring (bicyclic) bond motifs is 1. The van der Waals surface area contributed by atoms with Crippen molar-refractivity contribution in [2.45, 2.75) is 39.3 Å². The molecule has 2 amide bonds. The van der Waals surface area contributed by atoms with Crippen LogP contribution in [0.3, 0.4) is 0 Å². The molecule has 0 N–H and O–H groups in total. The summed E-state index contributed by atoms with van der Waals surface area (Å²) in [7, 11) is 0. The maximum Gasteiger partial charge on any atom is 0.270 e. The quantitative estimate of drug-likeness (QED) is 0.785. The number of hydrogen-bond acceptors (Lipinski definition) is 3. The molecule has 0 unspecified atom stereocenters. The van der Waals surface area contributed by atoms with Gasteiger partial charge in [-0.05, 0) is 25.5 Å². The molecule has 3 rings (SSSR count). The van der Waals surface area contributed by atoms with Crippen molar-refractivity contribution in [1.29, 1.82) is 0 Å². The van der Waals surface area contributed by atoms with Crippen molar-refractivity contribution in [3.63, 3.8) is 0 Å². The summed E-state index contributed by atoms with van der Waals surface area (Å²) in [6, 6.07) is 3.79. The summed E-state index contributed by atoms with van der Waals surface area (Å²) in [4.78, 5) is 28.8. The summed E-state index contributed by atoms with van der Waals surface area (Å²) >= 11 is 0. The lowest BCUT2D eigenvalue weighted by Crippen LogP contribution is -2.55. The minimum absolute atomic E-state index is 0.00842. The van der Waals surface area contributed by atoms with Crippen molar-refractivity contribution >= 4 is 22.9 Å². The number of furan rings is 1. The fraction of sp³-hybridized carbons (Fsp3) is 0.474. The van der Waals surface area contributed by atoms with E-state index in [0.717, 1.165) is 17.5 Å². The number of carbonyl (C=O) groups excluding carboxylic acids is 2. The molecule has 25 heavy (non-hydrogen) atoms. The summed E-state index contributed by atoms with van der Waals surface area (Å²) in [5.74, 6) is 0.136. The molecule has 0 radical (unpaired) electrons. The van der Waals surface area contributed by atoms with E-state index in [2.05, 4.69) is 6.58 Å². The SMILES string of the molecule is C=CCCn1c(C(=O)N2CCN(C(=O)CC)[C@H](C)C2)cc2ccoc21. The Morgan fingerprint density at radius 2 is 2.20 bits per heavy atom. The lowest BCUT2D eigenvalue weighted by atomic mass is 10.1. The number of aromatic nitrogens is 1. The molecule has 1 atom stereocenters. The van der Waals surface area contributed by atoms with E-state index in [1.165, 1.54) is 0 Å². The highest BCUT2D eigenvalue weighted by Crippen LogP contribution is 2.24. The molecule has 0 bridgehead atoms. The number of allylic oxidation sites excluding steroid dienone is 1. The Balaban J connectivity index is 1.81. The van der Waals surface area contributed by atoms with Gasteiger partial charge in [-0.25, -0.2) is 0 Å². The van der Waals surface area contributed by atoms with Crippen molar-refractivity contribution in [1.82, 2.24) is 14.4 Å². The van der Waals surface area contributed by atoms with Crippen LogP contribution in [-0.2, 0) is 11.3 Å². The van der Waals surface area contributed by atoms with Gasteiger partial charge >= 0.3 is 0 Å². The van der Waals surface area contributed by atoms with Crippen molar-refractivity contribution in [3.8, 4) is 0 Å². The van der Waals surface area contributed by atoms with Crippen LogP contribution in [0.25, 0.3) is 11.1 Å². The van der Waals surface area contributed by atoms with Crippen LogP contribution in [0.2, 0.25) is 0 Å². The molecule has 0 aromatic carbocycles. The number of piperazine rings is 1. The molecular weight excluding hydrogens is 318 g/mol. The summed E-state index contributed by atoms with van der Waals surface area (Å²) < 4.78 is 7.48. The fourth-order valence-electron chi connectivity index (χ4n) is 3.47. The number of rotatable bonds is 5. The Kier molecular flexibility index (Phi) is 4.97. The van der Waals surface area contributed by atoms with Crippen molar-refractivity contribution in [3.05, 3.63) is 36.7 Å². The zero-order chi connectivity index (χ0) is 18.0. The molecule has 0 saturated carbocycles. The zero-order valence-electron chi connectivity index (χ0n) is 14.9. The van der Waals surface area contributed by atoms with Gasteiger partial charge in [0.2, 0.25) is 11.6 Å². The van der Waals surface area contributed by atoms with E-state index in [0.29, 0.717) is 38.3 Å². The average Bonchev–Trinajstić information content (AvgIpc) is 3.20. The van der Waals surface area contributed by atoms with E-state index < -0.39 is 0 Å². The molecular formula is C19H25N3O3. The molecule has 6 nitrogen and oxygen atoms in total. The van der Waals surface area contributed by atoms with E-state index in [4.69, 9.17) is 4.42 Å². The van der Waals surface area contributed by atoms with Crippen LogP contribution in [-0.4, -0.2) is 51.9 Å². The van der Waals surface area contributed by atoms with Crippen LogP contribution in [0, 0.1) is 0 Å². The molecule has 0 aliphatic carbocycles. The molecule has 1 saturated heterocycles. The van der Waals surface area contributed by atoms with Gasteiger partial charge in [-0.2, -0.15) is 0 Å². The van der Waals surface area contributed by atoms with E-state index >= 15 is 0 Å². The van der Waals surface area contributed by atoms with Gasteiger partial charge in [0, 0.05) is 44.0 Å². The van der Waals surface area contributed by atoms with Crippen LogP contribution in [0.5, 0.6) is 0 Å². The second kappa shape index (κ2) is 7.17. The second-order valence-electron chi connectivity index (χ2n) is 6.48. The molecule has 0 spiro atoms. The molecule has 6 heteroatoms. The highest BCUT2D eigenvalue weighted by Gasteiger charge is 2.31. The largest absolute Gasteiger partial charge is 0.448 e. The van der Waals surface area contributed by atoms with Crippen LogP contribution in [0.15, 0.2) is 35.5 Å². The zero-order valence-corrected chi connectivity index (χ0v) is 14.9. The highest BCUT2D eigenvalue weighted by atomic mass is 16.3. The minimum atomic E-state index is -0.00842. The van der Waals surface area contributed by atoms with Gasteiger partial charge in [-0.3, -0.25) is 9.59 Å². The first-order valence-electron chi connectivity index (χ1n) is 8.83. The van der Waals surface area contributed by atoms with Crippen molar-refractivity contribution in [2.24, 2.45) is 0 Å². The number of amides is 2. The third kappa shape index (κ3) is 3.21. The Morgan fingerprint density at radius 3 is 2.88 bits per heavy atom. The molecule has 3 heterocycles. The normalized spacial score (nSPS) is 17.9. The Labute approximate surface area is 147 Å². The fourth-order valence-corrected chi connectivity index (χ4v) is 3.47. The van der Waals surface area contributed by atoms with E-state index in [9.17, 15) is 9.59 Å². The van der Waals surface area contributed by atoms with Crippen molar-refractivity contribution in [2.75, 3.05) is 19.6 Å². The lowest BCUT2D eigenvalue weighted by Gasteiger charge is -2.39.